The van der Waals surface area contributed by atoms with Crippen molar-refractivity contribution in [1.82, 2.24) is 14.5 Å². The summed E-state index contributed by atoms with van der Waals surface area (Å²) in [6.45, 7) is 8.48. The minimum Gasteiger partial charge on any atom is -0.465 e. The Kier molecular flexibility index (Phi) is 6.08. The number of esters is 1. The van der Waals surface area contributed by atoms with Crippen molar-refractivity contribution in [3.05, 3.63) is 76.7 Å². The highest BCUT2D eigenvalue weighted by molar-refractivity contribution is 5.97. The summed E-state index contributed by atoms with van der Waals surface area (Å²) in [5.41, 5.74) is 8.68. The molecular formula is C27H29N3O2. The van der Waals surface area contributed by atoms with E-state index in [0.717, 1.165) is 58.8 Å². The highest BCUT2D eigenvalue weighted by atomic mass is 16.5. The molecule has 0 aliphatic carbocycles. The number of carbonyl (C=O) groups is 1. The van der Waals surface area contributed by atoms with Crippen LogP contribution in [0, 0.1) is 20.8 Å². The van der Waals surface area contributed by atoms with Crippen molar-refractivity contribution in [2.75, 3.05) is 7.11 Å². The maximum absolute atomic E-state index is 12.2. The lowest BCUT2D eigenvalue weighted by molar-refractivity contribution is 0.0601. The first-order valence-corrected chi connectivity index (χ1v) is 11.1. The van der Waals surface area contributed by atoms with Gasteiger partial charge in [-0.25, -0.2) is 14.8 Å². The lowest BCUT2D eigenvalue weighted by Gasteiger charge is -2.12. The number of carbonyl (C=O) groups excluding carboxylic acids is 1. The zero-order valence-corrected chi connectivity index (χ0v) is 19.4. The highest BCUT2D eigenvalue weighted by Crippen LogP contribution is 2.29. The number of imidazole rings is 1. The molecule has 0 spiro atoms. The van der Waals surface area contributed by atoms with Gasteiger partial charge in [-0.2, -0.15) is 0 Å². The molecule has 0 aliphatic rings. The normalized spacial score (nSPS) is 11.2. The molecule has 0 saturated carbocycles. The van der Waals surface area contributed by atoms with Gasteiger partial charge in [0.15, 0.2) is 5.65 Å². The molecule has 0 saturated heterocycles. The van der Waals surface area contributed by atoms with E-state index >= 15 is 0 Å². The summed E-state index contributed by atoms with van der Waals surface area (Å²) in [5.74, 6) is 0.697. The third-order valence-electron chi connectivity index (χ3n) is 6.18. The number of nitrogens with zero attached hydrogens (tertiary/aromatic N) is 3. The van der Waals surface area contributed by atoms with Crippen LogP contribution >= 0.6 is 0 Å². The van der Waals surface area contributed by atoms with Gasteiger partial charge in [0.05, 0.1) is 12.7 Å². The molecule has 4 aromatic rings. The minimum atomic E-state index is -0.336. The molecule has 0 fully saturated rings. The molecule has 0 aliphatic heterocycles. The second-order valence-corrected chi connectivity index (χ2v) is 8.17. The summed E-state index contributed by atoms with van der Waals surface area (Å²) < 4.78 is 7.14. The van der Waals surface area contributed by atoms with Gasteiger partial charge in [0.2, 0.25) is 0 Å². The number of hydrogen-bond donors (Lipinski definition) is 0. The average molecular weight is 428 g/mol. The van der Waals surface area contributed by atoms with Gasteiger partial charge in [-0.15, -0.1) is 0 Å². The van der Waals surface area contributed by atoms with E-state index in [0.29, 0.717) is 5.56 Å². The van der Waals surface area contributed by atoms with Crippen LogP contribution in [0.2, 0.25) is 0 Å². The van der Waals surface area contributed by atoms with Crippen molar-refractivity contribution in [2.45, 2.75) is 47.0 Å². The van der Waals surface area contributed by atoms with Crippen molar-refractivity contribution in [2.24, 2.45) is 0 Å². The van der Waals surface area contributed by atoms with E-state index in [2.05, 4.69) is 44.4 Å². The Morgan fingerprint density at radius 3 is 2.38 bits per heavy atom. The van der Waals surface area contributed by atoms with E-state index in [1.165, 1.54) is 18.2 Å². The molecule has 4 rings (SSSR count). The van der Waals surface area contributed by atoms with Gasteiger partial charge in [0, 0.05) is 17.8 Å². The van der Waals surface area contributed by atoms with Crippen LogP contribution in [-0.4, -0.2) is 27.6 Å². The topological polar surface area (TPSA) is 57.0 Å². The lowest BCUT2D eigenvalue weighted by atomic mass is 9.99. The molecule has 0 amide bonds. The Hall–Kier alpha value is -3.47. The first-order chi connectivity index (χ1) is 15.5. The summed E-state index contributed by atoms with van der Waals surface area (Å²) in [6, 6.07) is 15.7. The second-order valence-electron chi connectivity index (χ2n) is 8.17. The van der Waals surface area contributed by atoms with Crippen LogP contribution in [0.25, 0.3) is 28.0 Å². The summed E-state index contributed by atoms with van der Waals surface area (Å²) >= 11 is 0. The molecule has 5 heteroatoms. The van der Waals surface area contributed by atoms with Gasteiger partial charge >= 0.3 is 5.97 Å². The van der Waals surface area contributed by atoms with Crippen LogP contribution in [0.5, 0.6) is 0 Å². The quantitative estimate of drug-likeness (QED) is 0.347. The fourth-order valence-corrected chi connectivity index (χ4v) is 4.09. The number of unbranched alkanes of at least 4 members (excludes halogenated alkanes) is 1. The molecule has 0 unspecified atom stereocenters. The fraction of sp³-hybridized carbons (Fsp3) is 0.296. The molecule has 5 nitrogen and oxygen atoms in total. The summed E-state index contributed by atoms with van der Waals surface area (Å²) in [5, 5.41) is 0. The number of methoxy groups -OCH3 is 1. The van der Waals surface area contributed by atoms with E-state index in [9.17, 15) is 4.79 Å². The molecular weight excluding hydrogens is 398 g/mol. The van der Waals surface area contributed by atoms with Gasteiger partial charge in [-0.05, 0) is 67.6 Å². The predicted molar refractivity (Wildman–Crippen MR) is 128 cm³/mol. The number of pyridine rings is 1. The van der Waals surface area contributed by atoms with E-state index in [4.69, 9.17) is 14.7 Å². The molecule has 0 radical (unpaired) electrons. The average Bonchev–Trinajstić information content (AvgIpc) is 3.19. The Labute approximate surface area is 189 Å². The largest absolute Gasteiger partial charge is 0.465 e. The first-order valence-electron chi connectivity index (χ1n) is 11.1. The number of fused-ring (bicyclic) bond motifs is 1. The van der Waals surface area contributed by atoms with Gasteiger partial charge in [0.1, 0.15) is 11.3 Å². The molecule has 32 heavy (non-hydrogen) atoms. The fourth-order valence-electron chi connectivity index (χ4n) is 4.09. The van der Waals surface area contributed by atoms with Crippen LogP contribution in [0.1, 0.15) is 52.8 Å². The van der Waals surface area contributed by atoms with E-state index in [-0.39, 0.29) is 5.97 Å². The molecule has 0 N–H and O–H groups in total. The van der Waals surface area contributed by atoms with E-state index in [1.54, 1.807) is 6.07 Å². The maximum atomic E-state index is 12.2. The van der Waals surface area contributed by atoms with Crippen molar-refractivity contribution in [3.8, 4) is 16.8 Å². The van der Waals surface area contributed by atoms with Crippen LogP contribution in [0.3, 0.4) is 0 Å². The van der Waals surface area contributed by atoms with Crippen molar-refractivity contribution in [1.29, 1.82) is 0 Å². The van der Waals surface area contributed by atoms with Crippen LogP contribution in [0.15, 0.2) is 48.5 Å². The van der Waals surface area contributed by atoms with Gasteiger partial charge in [-0.3, -0.25) is 4.57 Å². The van der Waals surface area contributed by atoms with Crippen LogP contribution in [0.4, 0.5) is 0 Å². The minimum absolute atomic E-state index is 0.336. The molecule has 2 heterocycles. The van der Waals surface area contributed by atoms with Gasteiger partial charge < -0.3 is 4.74 Å². The standard InChI is InChI=1S/C27H29N3O2/c1-6-7-12-24-29-25-18(3)17(2)19(4)28-26(25)30(24)21-15-13-20(14-16-21)22-10-8-9-11-23(22)27(31)32-5/h8-11,13-16H,6-7,12H2,1-5H3. The summed E-state index contributed by atoms with van der Waals surface area (Å²) in [4.78, 5) is 22.1. The first kappa shape index (κ1) is 21.8. The van der Waals surface area contributed by atoms with Crippen molar-refractivity contribution in [3.63, 3.8) is 0 Å². The molecule has 164 valence electrons. The Morgan fingerprint density at radius 2 is 1.69 bits per heavy atom. The zero-order chi connectivity index (χ0) is 22.8. The van der Waals surface area contributed by atoms with Gasteiger partial charge in [-0.1, -0.05) is 43.7 Å². The number of benzene rings is 2. The highest BCUT2D eigenvalue weighted by Gasteiger charge is 2.18. The monoisotopic (exact) mass is 427 g/mol. The molecule has 0 atom stereocenters. The van der Waals surface area contributed by atoms with Crippen LogP contribution in [-0.2, 0) is 11.2 Å². The summed E-state index contributed by atoms with van der Waals surface area (Å²) in [7, 11) is 1.41. The third-order valence-corrected chi connectivity index (χ3v) is 6.18. The molecule has 0 bridgehead atoms. The number of ether oxygens (including phenoxy) is 1. The SMILES string of the molecule is CCCCc1nc2c(C)c(C)c(C)nc2n1-c1ccc(-c2ccccc2C(=O)OC)cc1. The van der Waals surface area contributed by atoms with Crippen molar-refractivity contribution >= 4 is 17.1 Å². The maximum Gasteiger partial charge on any atom is 0.338 e. The Bertz CT molecular complexity index is 1290. The predicted octanol–water partition coefficient (Wildman–Crippen LogP) is 6.14. The second kappa shape index (κ2) is 8.95. The molecule has 2 aromatic carbocycles. The smallest absolute Gasteiger partial charge is 0.338 e. The third kappa shape index (κ3) is 3.79. The van der Waals surface area contributed by atoms with E-state index < -0.39 is 0 Å². The lowest BCUT2D eigenvalue weighted by Crippen LogP contribution is -2.04. The number of aromatic nitrogens is 3. The summed E-state index contributed by atoms with van der Waals surface area (Å²) in [6.07, 6.45) is 3.08. The Morgan fingerprint density at radius 1 is 0.969 bits per heavy atom. The van der Waals surface area contributed by atoms with E-state index in [1.807, 2.05) is 30.3 Å². The number of hydrogen-bond acceptors (Lipinski definition) is 4. The Balaban J connectivity index is 1.84. The molecule has 2 aromatic heterocycles. The number of rotatable bonds is 6. The zero-order valence-electron chi connectivity index (χ0n) is 19.4. The van der Waals surface area contributed by atoms with Crippen LogP contribution < -0.4 is 0 Å². The number of aryl methyl sites for hydroxylation is 3. The van der Waals surface area contributed by atoms with Gasteiger partial charge in [0.25, 0.3) is 0 Å². The van der Waals surface area contributed by atoms with Crippen molar-refractivity contribution < 1.29 is 9.53 Å².